The first kappa shape index (κ1) is 16.1. The molecule has 0 aromatic heterocycles. The average molecular weight is 312 g/mol. The van der Waals surface area contributed by atoms with Gasteiger partial charge in [-0.2, -0.15) is 0 Å². The topological polar surface area (TPSA) is 38.8 Å². The lowest BCUT2D eigenvalue weighted by Crippen LogP contribution is -2.42. The predicted molar refractivity (Wildman–Crippen MR) is 82.7 cm³/mol. The van der Waals surface area contributed by atoms with Gasteiger partial charge in [-0.25, -0.2) is 0 Å². The summed E-state index contributed by atoms with van der Waals surface area (Å²) in [6, 6.07) is 7.01. The second kappa shape index (κ2) is 7.14. The van der Waals surface area contributed by atoms with Crippen molar-refractivity contribution in [1.82, 2.24) is 4.90 Å². The summed E-state index contributed by atoms with van der Waals surface area (Å²) in [7, 11) is 1.83. The zero-order valence-corrected chi connectivity index (χ0v) is 13.4. The third-order valence-electron chi connectivity index (χ3n) is 3.92. The fraction of sp³-hybridized carbons (Fsp3) is 0.562. The first-order chi connectivity index (χ1) is 9.98. The number of rotatable bonds is 5. The van der Waals surface area contributed by atoms with E-state index in [0.717, 1.165) is 32.6 Å². The minimum atomic E-state index is -0.0160. The third kappa shape index (κ3) is 4.90. The van der Waals surface area contributed by atoms with Crippen LogP contribution in [0, 0.1) is 5.41 Å². The normalized spacial score (nSPS) is 17.3. The molecule has 21 heavy (non-hydrogen) atoms. The molecule has 1 fully saturated rings. The molecule has 0 bridgehead atoms. The van der Waals surface area contributed by atoms with Crippen molar-refractivity contribution in [2.24, 2.45) is 5.41 Å². The number of hydrogen-bond donors (Lipinski definition) is 0. The average Bonchev–Trinajstić information content (AvgIpc) is 2.46. The van der Waals surface area contributed by atoms with Gasteiger partial charge in [-0.05, 0) is 42.5 Å². The molecule has 0 unspecified atom stereocenters. The molecule has 1 saturated heterocycles. The molecule has 1 aromatic rings. The summed E-state index contributed by atoms with van der Waals surface area (Å²) in [5.41, 5.74) is 0.142. The van der Waals surface area contributed by atoms with Gasteiger partial charge in [-0.3, -0.25) is 4.79 Å². The van der Waals surface area contributed by atoms with Crippen LogP contribution in [0.5, 0.6) is 5.75 Å². The molecule has 2 rings (SSSR count). The first-order valence-corrected chi connectivity index (χ1v) is 7.56. The Hall–Kier alpha value is -1.26. The van der Waals surface area contributed by atoms with Crippen LogP contribution in [0.4, 0.5) is 0 Å². The molecule has 4 nitrogen and oxygen atoms in total. The summed E-state index contributed by atoms with van der Waals surface area (Å²) in [4.78, 5) is 13.9. The number of likely N-dealkylation sites (N-methyl/N-ethyl adjacent to an activating group) is 1. The van der Waals surface area contributed by atoms with Gasteiger partial charge in [0.05, 0.1) is 0 Å². The van der Waals surface area contributed by atoms with Crippen LogP contribution < -0.4 is 4.74 Å². The van der Waals surface area contributed by atoms with Crippen LogP contribution in [0.2, 0.25) is 5.02 Å². The summed E-state index contributed by atoms with van der Waals surface area (Å²) in [6.45, 7) is 4.54. The Labute approximate surface area is 131 Å². The van der Waals surface area contributed by atoms with Crippen LogP contribution >= 0.6 is 11.6 Å². The van der Waals surface area contributed by atoms with E-state index in [2.05, 4.69) is 6.92 Å². The molecule has 1 amide bonds. The minimum Gasteiger partial charge on any atom is -0.484 e. The van der Waals surface area contributed by atoms with Gasteiger partial charge in [-0.15, -0.1) is 0 Å². The summed E-state index contributed by atoms with van der Waals surface area (Å²) in [6.07, 6.45) is 1.98. The van der Waals surface area contributed by atoms with Crippen LogP contribution in [-0.2, 0) is 9.53 Å². The first-order valence-electron chi connectivity index (χ1n) is 7.19. The number of carbonyl (C=O) groups excluding carboxylic acids is 1. The van der Waals surface area contributed by atoms with Crippen molar-refractivity contribution in [3.8, 4) is 5.75 Å². The fourth-order valence-corrected chi connectivity index (χ4v) is 2.60. The van der Waals surface area contributed by atoms with Crippen molar-refractivity contribution in [3.05, 3.63) is 29.3 Å². The lowest BCUT2D eigenvalue weighted by molar-refractivity contribution is -0.134. The highest BCUT2D eigenvalue weighted by Crippen LogP contribution is 2.30. The Morgan fingerprint density at radius 2 is 1.95 bits per heavy atom. The fourth-order valence-electron chi connectivity index (χ4n) is 2.47. The van der Waals surface area contributed by atoms with E-state index in [-0.39, 0.29) is 17.9 Å². The Kier molecular flexibility index (Phi) is 5.48. The van der Waals surface area contributed by atoms with E-state index in [1.54, 1.807) is 29.2 Å². The smallest absolute Gasteiger partial charge is 0.260 e. The van der Waals surface area contributed by atoms with Crippen molar-refractivity contribution in [2.45, 2.75) is 19.8 Å². The number of nitrogens with zero attached hydrogens (tertiary/aromatic N) is 1. The Morgan fingerprint density at radius 3 is 2.57 bits per heavy atom. The van der Waals surface area contributed by atoms with E-state index in [0.29, 0.717) is 10.8 Å². The number of ether oxygens (including phenoxy) is 2. The standard InChI is InChI=1S/C16H22ClNO3/c1-16(7-9-20-10-8-16)12-18(2)15(19)11-21-14-5-3-13(17)4-6-14/h3-6H,7-12H2,1-2H3. The molecule has 1 aliphatic rings. The van der Waals surface area contributed by atoms with E-state index in [1.165, 1.54) is 0 Å². The van der Waals surface area contributed by atoms with Crippen LogP contribution in [0.25, 0.3) is 0 Å². The van der Waals surface area contributed by atoms with Gasteiger partial charge in [0.25, 0.3) is 5.91 Å². The molecule has 1 heterocycles. The van der Waals surface area contributed by atoms with Gasteiger partial charge in [0.15, 0.2) is 6.61 Å². The zero-order valence-electron chi connectivity index (χ0n) is 12.6. The maximum Gasteiger partial charge on any atom is 0.260 e. The molecule has 0 N–H and O–H groups in total. The Bertz CT molecular complexity index is 469. The van der Waals surface area contributed by atoms with E-state index >= 15 is 0 Å². The highest BCUT2D eigenvalue weighted by atomic mass is 35.5. The largest absolute Gasteiger partial charge is 0.484 e. The highest BCUT2D eigenvalue weighted by Gasteiger charge is 2.30. The zero-order chi connectivity index (χ0) is 15.3. The van der Waals surface area contributed by atoms with Crippen LogP contribution in [0.15, 0.2) is 24.3 Å². The van der Waals surface area contributed by atoms with E-state index < -0.39 is 0 Å². The Balaban J connectivity index is 1.80. The quantitative estimate of drug-likeness (QED) is 0.839. The van der Waals surface area contributed by atoms with Crippen LogP contribution in [-0.4, -0.2) is 44.2 Å². The monoisotopic (exact) mass is 311 g/mol. The molecular formula is C16H22ClNO3. The van der Waals surface area contributed by atoms with E-state index in [9.17, 15) is 4.79 Å². The highest BCUT2D eigenvalue weighted by molar-refractivity contribution is 6.30. The molecule has 0 aliphatic carbocycles. The second-order valence-corrected chi connectivity index (χ2v) is 6.35. The Morgan fingerprint density at radius 1 is 1.33 bits per heavy atom. The van der Waals surface area contributed by atoms with Crippen LogP contribution in [0.1, 0.15) is 19.8 Å². The van der Waals surface area contributed by atoms with Gasteiger partial charge in [-0.1, -0.05) is 18.5 Å². The van der Waals surface area contributed by atoms with Gasteiger partial charge in [0.1, 0.15) is 5.75 Å². The van der Waals surface area contributed by atoms with Crippen LogP contribution in [0.3, 0.4) is 0 Å². The maximum absolute atomic E-state index is 12.1. The summed E-state index contributed by atoms with van der Waals surface area (Å²) >= 11 is 5.81. The molecule has 0 radical (unpaired) electrons. The molecule has 116 valence electrons. The molecule has 0 spiro atoms. The summed E-state index contributed by atoms with van der Waals surface area (Å²) < 4.78 is 10.9. The molecule has 0 atom stereocenters. The lowest BCUT2D eigenvalue weighted by atomic mass is 9.82. The second-order valence-electron chi connectivity index (χ2n) is 5.92. The predicted octanol–water partition coefficient (Wildman–Crippen LogP) is 2.99. The van der Waals surface area contributed by atoms with Gasteiger partial charge < -0.3 is 14.4 Å². The summed E-state index contributed by atoms with van der Waals surface area (Å²) in [5.74, 6) is 0.635. The summed E-state index contributed by atoms with van der Waals surface area (Å²) in [5, 5.41) is 0.651. The number of hydrogen-bond acceptors (Lipinski definition) is 3. The van der Waals surface area contributed by atoms with Gasteiger partial charge in [0.2, 0.25) is 0 Å². The lowest BCUT2D eigenvalue weighted by Gasteiger charge is -2.36. The van der Waals surface area contributed by atoms with Crippen molar-refractivity contribution in [1.29, 1.82) is 0 Å². The van der Waals surface area contributed by atoms with Crippen molar-refractivity contribution in [2.75, 3.05) is 33.4 Å². The molecule has 5 heteroatoms. The minimum absolute atomic E-state index is 0.0160. The maximum atomic E-state index is 12.1. The van der Waals surface area contributed by atoms with Crippen molar-refractivity contribution >= 4 is 17.5 Å². The van der Waals surface area contributed by atoms with Crippen molar-refractivity contribution in [3.63, 3.8) is 0 Å². The van der Waals surface area contributed by atoms with E-state index in [4.69, 9.17) is 21.1 Å². The van der Waals surface area contributed by atoms with Gasteiger partial charge in [0, 0.05) is 31.8 Å². The molecule has 1 aliphatic heterocycles. The van der Waals surface area contributed by atoms with Crippen molar-refractivity contribution < 1.29 is 14.3 Å². The SMILES string of the molecule is CN(CC1(C)CCOCC1)C(=O)COc1ccc(Cl)cc1. The number of benzene rings is 1. The number of carbonyl (C=O) groups is 1. The molecular weight excluding hydrogens is 290 g/mol. The van der Waals surface area contributed by atoms with E-state index in [1.807, 2.05) is 7.05 Å². The van der Waals surface area contributed by atoms with Gasteiger partial charge >= 0.3 is 0 Å². The molecule has 0 saturated carbocycles. The number of amides is 1. The third-order valence-corrected chi connectivity index (χ3v) is 4.17. The molecule has 1 aromatic carbocycles. The number of halogens is 1.